The van der Waals surface area contributed by atoms with E-state index in [2.05, 4.69) is 46.0 Å². The highest BCUT2D eigenvalue weighted by atomic mass is 35.5. The first-order valence-corrected chi connectivity index (χ1v) is 19.7. The zero-order valence-electron chi connectivity index (χ0n) is 27.3. The lowest BCUT2D eigenvalue weighted by Gasteiger charge is -2.46. The van der Waals surface area contributed by atoms with E-state index in [1.807, 2.05) is 19.1 Å². The van der Waals surface area contributed by atoms with Crippen molar-refractivity contribution in [1.29, 1.82) is 0 Å². The summed E-state index contributed by atoms with van der Waals surface area (Å²) in [5.41, 5.74) is 6.61. The molecular weight excluding hydrogens is 616 g/mol. The van der Waals surface area contributed by atoms with Crippen LogP contribution in [0.4, 0.5) is 5.69 Å². The van der Waals surface area contributed by atoms with Gasteiger partial charge in [-0.05, 0) is 122 Å². The van der Waals surface area contributed by atoms with Crippen LogP contribution in [0.1, 0.15) is 93.4 Å². The van der Waals surface area contributed by atoms with Gasteiger partial charge >= 0.3 is 0 Å². The topological polar surface area (TPSA) is 78.9 Å². The Hall–Kier alpha value is -1.90. The van der Waals surface area contributed by atoms with E-state index in [1.54, 1.807) is 0 Å². The number of rotatable bonds is 2. The van der Waals surface area contributed by atoms with Gasteiger partial charge in [0.25, 0.3) is 0 Å². The summed E-state index contributed by atoms with van der Waals surface area (Å²) in [7, 11) is -3.56. The number of ether oxygens (including phenoxy) is 1. The largest absolute Gasteiger partial charge is 0.389 e. The number of sulfonamides is 1. The van der Waals surface area contributed by atoms with Gasteiger partial charge in [-0.1, -0.05) is 68.1 Å². The van der Waals surface area contributed by atoms with Crippen LogP contribution in [-0.4, -0.2) is 44.7 Å². The maximum Gasteiger partial charge on any atom is 0.216 e. The number of aryl methyl sites for hydroxylation is 2. The molecule has 2 fully saturated rings. The summed E-state index contributed by atoms with van der Waals surface area (Å²) < 4.78 is 35.9. The monoisotopic (exact) mass is 666 g/mol. The van der Waals surface area contributed by atoms with Crippen molar-refractivity contribution in [3.8, 4) is 0 Å². The average molecular weight is 667 g/mol. The predicted octanol–water partition coefficient (Wildman–Crippen LogP) is 7.30. The molecule has 0 unspecified atom stereocenters. The Balaban J connectivity index is 1.19. The minimum absolute atomic E-state index is 0.0300. The molecular formula is C38H51ClN2O4S. The van der Waals surface area contributed by atoms with Crippen LogP contribution in [0.25, 0.3) is 0 Å². The molecule has 0 radical (unpaired) electrons. The van der Waals surface area contributed by atoms with Crippen LogP contribution in [0.5, 0.6) is 0 Å². The molecule has 0 saturated heterocycles. The van der Waals surface area contributed by atoms with E-state index >= 15 is 0 Å². The molecule has 46 heavy (non-hydrogen) atoms. The third-order valence-corrected chi connectivity index (χ3v) is 14.5. The van der Waals surface area contributed by atoms with E-state index in [9.17, 15) is 13.5 Å². The molecule has 2 aliphatic heterocycles. The number of nitrogens with zero attached hydrogens (tertiary/aromatic N) is 1. The molecule has 6 atom stereocenters. The number of fused-ring (bicyclic) bond motifs is 4. The minimum Gasteiger partial charge on any atom is -0.389 e. The second-order valence-electron chi connectivity index (χ2n) is 15.2. The van der Waals surface area contributed by atoms with Crippen LogP contribution in [0.3, 0.4) is 0 Å². The van der Waals surface area contributed by atoms with Gasteiger partial charge in [-0.25, -0.2) is 8.42 Å². The quantitative estimate of drug-likeness (QED) is 0.329. The molecule has 5 aliphatic rings. The summed E-state index contributed by atoms with van der Waals surface area (Å²) in [4.78, 5) is 2.63. The third-order valence-electron chi connectivity index (χ3n) is 12.3. The molecule has 7 rings (SSSR count). The molecule has 8 heteroatoms. The van der Waals surface area contributed by atoms with Crippen molar-refractivity contribution in [1.82, 2.24) is 4.72 Å². The molecule has 6 nitrogen and oxygen atoms in total. The van der Waals surface area contributed by atoms with Gasteiger partial charge in [-0.3, -0.25) is 0 Å². The summed E-state index contributed by atoms with van der Waals surface area (Å²) in [5.74, 6) is 1.06. The van der Waals surface area contributed by atoms with Gasteiger partial charge in [0.1, 0.15) is 6.73 Å². The Morgan fingerprint density at radius 2 is 1.91 bits per heavy atom. The molecule has 2 heterocycles. The number of nitrogens with one attached hydrogen (secondary N) is 1. The SMILES string of the molecule is C[C@H]1C/C=C/[C@H](O)[C@@H]2CC[C@H]2CN2C[C@@]3(CCCc4cc(Cl)ccc43)CCc3ccc(cc32)COCNS(=O)(=O)[C@@H]1CC1CCC1. The number of hydrogen-bond donors (Lipinski definition) is 2. The van der Waals surface area contributed by atoms with Crippen LogP contribution in [-0.2, 0) is 39.6 Å². The fourth-order valence-corrected chi connectivity index (χ4v) is 11.0. The van der Waals surface area contributed by atoms with Crippen molar-refractivity contribution in [2.45, 2.75) is 107 Å². The molecule has 2 N–H and O–H groups in total. The number of aliphatic hydroxyl groups is 1. The van der Waals surface area contributed by atoms with Crippen molar-refractivity contribution < 1.29 is 18.3 Å². The fourth-order valence-electron chi connectivity index (χ4n) is 9.14. The van der Waals surface area contributed by atoms with E-state index in [1.165, 1.54) is 41.6 Å². The summed E-state index contributed by atoms with van der Waals surface area (Å²) in [6.07, 6.45) is 15.9. The predicted molar refractivity (Wildman–Crippen MR) is 186 cm³/mol. The highest BCUT2D eigenvalue weighted by Gasteiger charge is 2.43. The van der Waals surface area contributed by atoms with Crippen LogP contribution in [0.2, 0.25) is 5.02 Å². The van der Waals surface area contributed by atoms with Gasteiger partial charge in [0.2, 0.25) is 10.0 Å². The molecule has 2 saturated carbocycles. The van der Waals surface area contributed by atoms with Gasteiger partial charge in [-0.2, -0.15) is 4.72 Å². The Labute approximate surface area is 281 Å². The molecule has 2 aromatic rings. The summed E-state index contributed by atoms with van der Waals surface area (Å²) in [6, 6.07) is 13.2. The number of allylic oxidation sites excluding steroid dienone is 1. The highest BCUT2D eigenvalue weighted by molar-refractivity contribution is 7.90. The van der Waals surface area contributed by atoms with Gasteiger partial charge in [-0.15, -0.1) is 0 Å². The molecule has 1 spiro atoms. The van der Waals surface area contributed by atoms with Crippen molar-refractivity contribution >= 4 is 27.3 Å². The van der Waals surface area contributed by atoms with E-state index in [0.29, 0.717) is 31.3 Å². The van der Waals surface area contributed by atoms with Gasteiger partial charge in [0.15, 0.2) is 0 Å². The van der Waals surface area contributed by atoms with E-state index in [-0.39, 0.29) is 24.0 Å². The van der Waals surface area contributed by atoms with E-state index in [4.69, 9.17) is 16.3 Å². The molecule has 3 aliphatic carbocycles. The van der Waals surface area contributed by atoms with Crippen LogP contribution < -0.4 is 9.62 Å². The molecule has 0 aromatic heterocycles. The lowest BCUT2D eigenvalue weighted by atomic mass is 9.66. The lowest BCUT2D eigenvalue weighted by Crippen LogP contribution is -2.48. The maximum absolute atomic E-state index is 13.6. The molecule has 250 valence electrons. The fraction of sp³-hybridized carbons (Fsp3) is 0.632. The van der Waals surface area contributed by atoms with Crippen molar-refractivity contribution in [3.63, 3.8) is 0 Å². The third kappa shape index (κ3) is 6.69. The maximum atomic E-state index is 13.6. The smallest absolute Gasteiger partial charge is 0.216 e. The number of anilines is 1. The lowest BCUT2D eigenvalue weighted by molar-refractivity contribution is 0.0456. The second-order valence-corrected chi connectivity index (χ2v) is 17.6. The van der Waals surface area contributed by atoms with Crippen molar-refractivity contribution in [2.75, 3.05) is 24.7 Å². The van der Waals surface area contributed by atoms with Gasteiger partial charge in [0, 0.05) is 29.2 Å². The van der Waals surface area contributed by atoms with Crippen molar-refractivity contribution in [3.05, 3.63) is 75.8 Å². The zero-order chi connectivity index (χ0) is 31.9. The standard InChI is InChI=1S/C38H51ClN2O4S/c1-26-5-2-9-36(42)33-14-12-31(33)22-41-24-38(17-4-8-30-21-32(39)13-15-34(30)38)18-16-29-11-10-28(19-35(29)41)23-45-25-40-46(43,44)37(26)20-27-6-3-7-27/h2,9-11,13,15,19,21,26-27,31,33,36-37,40,42H,3-8,12,14,16-18,20,22-25H2,1H3/b9-2+/t26-,31-,33+,36-,37+,38+/m0/s1. The molecule has 0 amide bonds. The van der Waals surface area contributed by atoms with Gasteiger partial charge in [0.05, 0.1) is 18.0 Å². The van der Waals surface area contributed by atoms with Crippen LogP contribution in [0, 0.1) is 23.7 Å². The first kappa shape index (κ1) is 32.6. The minimum atomic E-state index is -3.56. The van der Waals surface area contributed by atoms with Crippen LogP contribution in [0.15, 0.2) is 48.6 Å². The Morgan fingerprint density at radius 3 is 2.70 bits per heavy atom. The second kappa shape index (κ2) is 13.5. The summed E-state index contributed by atoms with van der Waals surface area (Å²) in [6.45, 7) is 4.25. The van der Waals surface area contributed by atoms with E-state index in [0.717, 1.165) is 68.6 Å². The number of aliphatic hydroxyl groups excluding tert-OH is 1. The van der Waals surface area contributed by atoms with Crippen molar-refractivity contribution in [2.24, 2.45) is 23.7 Å². The van der Waals surface area contributed by atoms with E-state index < -0.39 is 21.4 Å². The first-order chi connectivity index (χ1) is 22.2. The van der Waals surface area contributed by atoms with Gasteiger partial charge < -0.3 is 14.7 Å². The Morgan fingerprint density at radius 1 is 1.04 bits per heavy atom. The Bertz CT molecular complexity index is 1540. The average Bonchev–Trinajstić information content (AvgIpc) is 3.13. The first-order valence-electron chi connectivity index (χ1n) is 17.8. The number of hydrogen-bond acceptors (Lipinski definition) is 5. The highest BCUT2D eigenvalue weighted by Crippen LogP contribution is 2.47. The Kier molecular flexibility index (Phi) is 9.61. The molecule has 2 bridgehead atoms. The summed E-state index contributed by atoms with van der Waals surface area (Å²) >= 11 is 6.47. The normalized spacial score (nSPS) is 34.2. The number of halogens is 1. The number of benzene rings is 2. The summed E-state index contributed by atoms with van der Waals surface area (Å²) in [5, 5.41) is 11.7. The zero-order valence-corrected chi connectivity index (χ0v) is 28.9. The molecule has 2 aromatic carbocycles. The van der Waals surface area contributed by atoms with Crippen LogP contribution >= 0.6 is 11.6 Å².